The summed E-state index contributed by atoms with van der Waals surface area (Å²) < 4.78 is 10.4. The summed E-state index contributed by atoms with van der Waals surface area (Å²) in [5.74, 6) is 1.06. The van der Waals surface area contributed by atoms with Gasteiger partial charge in [0.25, 0.3) is 5.22 Å². The number of hydrogen-bond acceptors (Lipinski definition) is 6. The van der Waals surface area contributed by atoms with Gasteiger partial charge in [0, 0.05) is 12.3 Å². The molecule has 2 heterocycles. The second kappa shape index (κ2) is 6.36. The number of nitrogens with zero attached hydrogens (tertiary/aromatic N) is 3. The summed E-state index contributed by atoms with van der Waals surface area (Å²) in [6.45, 7) is 1.68. The minimum Gasteiger partial charge on any atom is -0.448 e. The highest BCUT2D eigenvalue weighted by atomic mass is 35.5. The summed E-state index contributed by atoms with van der Waals surface area (Å²) >= 11 is 7.48. The van der Waals surface area contributed by atoms with Crippen LogP contribution < -0.4 is 0 Å². The SMILES string of the molecule is O=C1OCCN1CCSc1nnc(-c2ccccc2Cl)o1. The third-order valence-corrected chi connectivity index (χ3v) is 4.07. The molecular weight excluding hydrogens is 314 g/mol. The fourth-order valence-corrected chi connectivity index (χ4v) is 2.82. The number of amides is 1. The maximum absolute atomic E-state index is 11.3. The van der Waals surface area contributed by atoms with Crippen molar-refractivity contribution in [2.75, 3.05) is 25.4 Å². The number of benzene rings is 1. The molecule has 1 saturated heterocycles. The van der Waals surface area contributed by atoms with E-state index < -0.39 is 0 Å². The Balaban J connectivity index is 1.58. The molecule has 1 aromatic carbocycles. The van der Waals surface area contributed by atoms with Gasteiger partial charge in [0.1, 0.15) is 6.61 Å². The Kier molecular flexibility index (Phi) is 4.31. The van der Waals surface area contributed by atoms with E-state index >= 15 is 0 Å². The van der Waals surface area contributed by atoms with Crippen molar-refractivity contribution in [2.45, 2.75) is 5.22 Å². The fraction of sp³-hybridized carbons (Fsp3) is 0.308. The number of aromatic nitrogens is 2. The van der Waals surface area contributed by atoms with E-state index in [1.807, 2.05) is 18.2 Å². The quantitative estimate of drug-likeness (QED) is 0.787. The number of rotatable bonds is 5. The van der Waals surface area contributed by atoms with Crippen molar-refractivity contribution in [1.82, 2.24) is 15.1 Å². The van der Waals surface area contributed by atoms with Gasteiger partial charge in [-0.15, -0.1) is 10.2 Å². The average Bonchev–Trinajstić information content (AvgIpc) is 3.10. The molecule has 1 aliphatic rings. The van der Waals surface area contributed by atoms with Gasteiger partial charge < -0.3 is 14.1 Å². The number of hydrogen-bond donors (Lipinski definition) is 0. The molecule has 3 rings (SSSR count). The molecule has 1 aliphatic heterocycles. The Bertz CT molecular complexity index is 649. The van der Waals surface area contributed by atoms with Gasteiger partial charge in [-0.2, -0.15) is 0 Å². The van der Waals surface area contributed by atoms with E-state index in [2.05, 4.69) is 10.2 Å². The van der Waals surface area contributed by atoms with Crippen LogP contribution in [0.1, 0.15) is 0 Å². The number of carbonyl (C=O) groups is 1. The van der Waals surface area contributed by atoms with Crippen LogP contribution in [0.5, 0.6) is 0 Å². The van der Waals surface area contributed by atoms with Crippen LogP contribution in [0.2, 0.25) is 5.02 Å². The van der Waals surface area contributed by atoms with E-state index in [0.29, 0.717) is 47.1 Å². The largest absolute Gasteiger partial charge is 0.448 e. The van der Waals surface area contributed by atoms with E-state index in [0.717, 1.165) is 0 Å². The topological polar surface area (TPSA) is 68.5 Å². The zero-order valence-corrected chi connectivity index (χ0v) is 12.6. The van der Waals surface area contributed by atoms with Gasteiger partial charge in [0.05, 0.1) is 17.1 Å². The number of ether oxygens (including phenoxy) is 1. The van der Waals surface area contributed by atoms with Crippen LogP contribution in [0.3, 0.4) is 0 Å². The van der Waals surface area contributed by atoms with Crippen LogP contribution in [0, 0.1) is 0 Å². The number of halogens is 1. The van der Waals surface area contributed by atoms with Gasteiger partial charge in [-0.3, -0.25) is 0 Å². The zero-order valence-electron chi connectivity index (χ0n) is 11.0. The average molecular weight is 326 g/mol. The highest BCUT2D eigenvalue weighted by Crippen LogP contribution is 2.28. The molecule has 1 aromatic heterocycles. The lowest BCUT2D eigenvalue weighted by atomic mass is 10.2. The molecule has 0 saturated carbocycles. The van der Waals surface area contributed by atoms with Gasteiger partial charge in [0.15, 0.2) is 0 Å². The van der Waals surface area contributed by atoms with Crippen molar-refractivity contribution in [2.24, 2.45) is 0 Å². The predicted octanol–water partition coefficient (Wildman–Crippen LogP) is 2.93. The monoisotopic (exact) mass is 325 g/mol. The maximum Gasteiger partial charge on any atom is 0.409 e. The number of thioether (sulfide) groups is 1. The van der Waals surface area contributed by atoms with Gasteiger partial charge >= 0.3 is 6.09 Å². The van der Waals surface area contributed by atoms with Crippen molar-refractivity contribution in [3.63, 3.8) is 0 Å². The van der Waals surface area contributed by atoms with Crippen molar-refractivity contribution in [3.05, 3.63) is 29.3 Å². The lowest BCUT2D eigenvalue weighted by Crippen LogP contribution is -2.26. The molecule has 0 bridgehead atoms. The minimum absolute atomic E-state index is 0.266. The van der Waals surface area contributed by atoms with Gasteiger partial charge in [-0.25, -0.2) is 4.79 Å². The molecule has 6 nitrogen and oxygen atoms in total. The summed E-state index contributed by atoms with van der Waals surface area (Å²) in [7, 11) is 0. The first-order valence-corrected chi connectivity index (χ1v) is 7.73. The normalized spacial score (nSPS) is 14.5. The van der Waals surface area contributed by atoms with Crippen LogP contribution in [-0.4, -0.2) is 46.6 Å². The molecule has 110 valence electrons. The summed E-state index contributed by atoms with van der Waals surface area (Å²) in [5.41, 5.74) is 0.710. The minimum atomic E-state index is -0.266. The molecule has 0 unspecified atom stereocenters. The van der Waals surface area contributed by atoms with E-state index in [1.165, 1.54) is 11.8 Å². The Labute approximate surface area is 130 Å². The fourth-order valence-electron chi connectivity index (χ4n) is 1.88. The molecule has 0 aliphatic carbocycles. The molecule has 1 amide bonds. The predicted molar refractivity (Wildman–Crippen MR) is 78.4 cm³/mol. The third-order valence-electron chi connectivity index (χ3n) is 2.94. The van der Waals surface area contributed by atoms with Crippen LogP contribution in [0.25, 0.3) is 11.5 Å². The molecule has 0 radical (unpaired) electrons. The van der Waals surface area contributed by atoms with Gasteiger partial charge in [0.2, 0.25) is 5.89 Å². The Morgan fingerprint density at radius 1 is 1.33 bits per heavy atom. The molecule has 0 atom stereocenters. The summed E-state index contributed by atoms with van der Waals surface area (Å²) in [4.78, 5) is 12.9. The lowest BCUT2D eigenvalue weighted by molar-refractivity contribution is 0.160. The highest BCUT2D eigenvalue weighted by molar-refractivity contribution is 7.99. The first kappa shape index (κ1) is 14.2. The molecule has 21 heavy (non-hydrogen) atoms. The first-order chi connectivity index (χ1) is 10.2. The molecular formula is C13H12ClN3O3S. The van der Waals surface area contributed by atoms with E-state index in [-0.39, 0.29) is 6.09 Å². The van der Waals surface area contributed by atoms with Crippen molar-refractivity contribution in [3.8, 4) is 11.5 Å². The van der Waals surface area contributed by atoms with E-state index in [1.54, 1.807) is 11.0 Å². The third kappa shape index (κ3) is 3.30. The van der Waals surface area contributed by atoms with Crippen molar-refractivity contribution in [1.29, 1.82) is 0 Å². The molecule has 1 fully saturated rings. The van der Waals surface area contributed by atoms with Crippen molar-refractivity contribution >= 4 is 29.5 Å². The molecule has 8 heteroatoms. The first-order valence-electron chi connectivity index (χ1n) is 6.37. The van der Waals surface area contributed by atoms with Crippen LogP contribution in [0.4, 0.5) is 4.79 Å². The van der Waals surface area contributed by atoms with Gasteiger partial charge in [-0.1, -0.05) is 35.5 Å². The lowest BCUT2D eigenvalue weighted by Gasteiger charge is -2.10. The van der Waals surface area contributed by atoms with Crippen LogP contribution >= 0.6 is 23.4 Å². The Morgan fingerprint density at radius 3 is 2.95 bits per heavy atom. The number of carbonyl (C=O) groups excluding carboxylic acids is 1. The summed E-state index contributed by atoms with van der Waals surface area (Å²) in [5, 5.41) is 8.98. The van der Waals surface area contributed by atoms with E-state index in [9.17, 15) is 4.79 Å². The smallest absolute Gasteiger partial charge is 0.409 e. The highest BCUT2D eigenvalue weighted by Gasteiger charge is 2.21. The molecule has 2 aromatic rings. The number of cyclic esters (lactones) is 1. The van der Waals surface area contributed by atoms with Crippen LogP contribution in [0.15, 0.2) is 33.9 Å². The van der Waals surface area contributed by atoms with Gasteiger partial charge in [-0.05, 0) is 12.1 Å². The molecule has 0 spiro atoms. The molecule has 0 N–H and O–H groups in total. The van der Waals surface area contributed by atoms with Crippen molar-refractivity contribution < 1.29 is 13.9 Å². The second-order valence-electron chi connectivity index (χ2n) is 4.30. The summed E-state index contributed by atoms with van der Waals surface area (Å²) in [6, 6.07) is 7.29. The standard InChI is InChI=1S/C13H12ClN3O3S/c14-10-4-2-1-3-9(10)11-15-16-12(20-11)21-8-6-17-5-7-19-13(17)18/h1-4H,5-8H2. The Morgan fingerprint density at radius 2 is 2.19 bits per heavy atom. The maximum atomic E-state index is 11.3. The van der Waals surface area contributed by atoms with Crippen LogP contribution in [-0.2, 0) is 4.74 Å². The summed E-state index contributed by atoms with van der Waals surface area (Å²) in [6.07, 6.45) is -0.266. The Hall–Kier alpha value is -1.73. The second-order valence-corrected chi connectivity index (χ2v) is 5.76. The zero-order chi connectivity index (χ0) is 14.7. The van der Waals surface area contributed by atoms with E-state index in [4.69, 9.17) is 20.8 Å².